The third-order valence-corrected chi connectivity index (χ3v) is 5.01. The number of carbonyl (C=O) groups is 4. The van der Waals surface area contributed by atoms with E-state index in [9.17, 15) is 19.2 Å². The van der Waals surface area contributed by atoms with Gasteiger partial charge < -0.3 is 9.57 Å². The molecule has 7 heteroatoms. The number of hydrogen-bond donors (Lipinski definition) is 0. The van der Waals surface area contributed by atoms with Gasteiger partial charge in [-0.1, -0.05) is 17.2 Å². The molecule has 118 valence electrons. The fraction of sp³-hybridized carbons (Fsp3) is 0.375. The van der Waals surface area contributed by atoms with Gasteiger partial charge in [-0.25, -0.2) is 4.79 Å². The van der Waals surface area contributed by atoms with Crippen LogP contribution in [0.4, 0.5) is 0 Å². The number of carbonyl (C=O) groups excluding carboxylic acids is 4. The summed E-state index contributed by atoms with van der Waals surface area (Å²) in [6, 6.07) is 6.29. The Bertz CT molecular complexity index is 728. The van der Waals surface area contributed by atoms with E-state index in [-0.39, 0.29) is 17.1 Å². The number of nitrogens with zero attached hydrogens (tertiary/aromatic N) is 1. The monoisotopic (exact) mass is 315 g/mol. The number of amides is 2. The van der Waals surface area contributed by atoms with Crippen LogP contribution in [0.5, 0.6) is 0 Å². The highest BCUT2D eigenvalue weighted by molar-refractivity contribution is 6.21. The van der Waals surface area contributed by atoms with Crippen molar-refractivity contribution >= 4 is 23.8 Å². The number of rotatable bonds is 3. The number of benzene rings is 1. The van der Waals surface area contributed by atoms with Crippen LogP contribution in [0, 0.1) is 10.8 Å². The van der Waals surface area contributed by atoms with Gasteiger partial charge in [-0.15, -0.1) is 0 Å². The molecule has 3 saturated carbocycles. The van der Waals surface area contributed by atoms with Gasteiger partial charge in [0.15, 0.2) is 0 Å². The number of esters is 1. The SMILES string of the molecule is COC(=O)C12CC(C(=O)ON3C(=O)c4ccccc4C3=O)(C1)C2. The van der Waals surface area contributed by atoms with E-state index in [0.29, 0.717) is 24.3 Å². The van der Waals surface area contributed by atoms with Crippen molar-refractivity contribution < 1.29 is 28.8 Å². The summed E-state index contributed by atoms with van der Waals surface area (Å²) in [5.74, 6) is -2.26. The lowest BCUT2D eigenvalue weighted by Gasteiger charge is -2.65. The van der Waals surface area contributed by atoms with E-state index in [1.54, 1.807) is 12.1 Å². The molecule has 1 aliphatic heterocycles. The fourth-order valence-corrected chi connectivity index (χ4v) is 3.87. The van der Waals surface area contributed by atoms with Crippen LogP contribution in [0.15, 0.2) is 24.3 Å². The molecule has 0 aromatic heterocycles. The predicted molar refractivity (Wildman–Crippen MR) is 73.8 cm³/mol. The first kappa shape index (κ1) is 13.9. The number of methoxy groups -OCH3 is 1. The Balaban J connectivity index is 1.47. The highest BCUT2D eigenvalue weighted by Crippen LogP contribution is 2.74. The Kier molecular flexibility index (Phi) is 2.53. The Morgan fingerprint density at radius 2 is 1.43 bits per heavy atom. The molecule has 1 heterocycles. The molecule has 2 amide bonds. The number of ether oxygens (including phenoxy) is 1. The van der Waals surface area contributed by atoms with Crippen LogP contribution in [-0.4, -0.2) is 35.9 Å². The van der Waals surface area contributed by atoms with E-state index in [1.165, 1.54) is 19.2 Å². The summed E-state index contributed by atoms with van der Waals surface area (Å²) < 4.78 is 4.72. The van der Waals surface area contributed by atoms with Gasteiger partial charge >= 0.3 is 11.9 Å². The molecule has 2 bridgehead atoms. The van der Waals surface area contributed by atoms with E-state index in [1.807, 2.05) is 0 Å². The molecular weight excluding hydrogens is 302 g/mol. The van der Waals surface area contributed by atoms with Gasteiger partial charge in [0, 0.05) is 0 Å². The van der Waals surface area contributed by atoms with Gasteiger partial charge in [-0.05, 0) is 31.4 Å². The number of hydroxylamine groups is 2. The first-order chi connectivity index (χ1) is 10.9. The van der Waals surface area contributed by atoms with Gasteiger partial charge in [-0.2, -0.15) is 0 Å². The topological polar surface area (TPSA) is 90.0 Å². The van der Waals surface area contributed by atoms with Gasteiger partial charge in [0.2, 0.25) is 0 Å². The molecule has 0 spiro atoms. The van der Waals surface area contributed by atoms with Gasteiger partial charge in [0.1, 0.15) is 0 Å². The lowest BCUT2D eigenvalue weighted by Crippen LogP contribution is -2.69. The van der Waals surface area contributed by atoms with Crippen LogP contribution in [0.25, 0.3) is 0 Å². The number of imide groups is 1. The summed E-state index contributed by atoms with van der Waals surface area (Å²) in [6.45, 7) is 0. The maximum atomic E-state index is 12.3. The van der Waals surface area contributed by atoms with Gasteiger partial charge in [0.25, 0.3) is 11.8 Å². The minimum Gasteiger partial charge on any atom is -0.469 e. The quantitative estimate of drug-likeness (QED) is 0.612. The van der Waals surface area contributed by atoms with Crippen molar-refractivity contribution in [1.82, 2.24) is 5.06 Å². The summed E-state index contributed by atoms with van der Waals surface area (Å²) in [5, 5.41) is 0.512. The molecule has 1 aromatic carbocycles. The third kappa shape index (κ3) is 1.59. The number of fused-ring (bicyclic) bond motifs is 1. The van der Waals surface area contributed by atoms with Crippen LogP contribution in [0.2, 0.25) is 0 Å². The predicted octanol–water partition coefficient (Wildman–Crippen LogP) is 1.08. The molecule has 4 aliphatic rings. The molecule has 3 aliphatic carbocycles. The number of hydrogen-bond acceptors (Lipinski definition) is 6. The molecule has 5 rings (SSSR count). The summed E-state index contributed by atoms with van der Waals surface area (Å²) in [4.78, 5) is 53.3. The van der Waals surface area contributed by atoms with Crippen LogP contribution >= 0.6 is 0 Å². The molecule has 1 aromatic rings. The summed E-state index contributed by atoms with van der Waals surface area (Å²) in [7, 11) is 1.31. The maximum absolute atomic E-state index is 12.3. The van der Waals surface area contributed by atoms with E-state index >= 15 is 0 Å². The summed E-state index contributed by atoms with van der Waals surface area (Å²) >= 11 is 0. The minimum absolute atomic E-state index is 0.217. The molecule has 0 unspecified atom stereocenters. The zero-order chi connectivity index (χ0) is 16.4. The summed E-state index contributed by atoms with van der Waals surface area (Å²) in [6.07, 6.45) is 1.03. The molecule has 0 N–H and O–H groups in total. The Hall–Kier alpha value is -2.70. The first-order valence-corrected chi connectivity index (χ1v) is 7.21. The van der Waals surface area contributed by atoms with Crippen molar-refractivity contribution in [1.29, 1.82) is 0 Å². The van der Waals surface area contributed by atoms with Crippen molar-refractivity contribution in [2.24, 2.45) is 10.8 Å². The zero-order valence-electron chi connectivity index (χ0n) is 12.3. The second kappa shape index (κ2) is 4.18. The molecular formula is C16H13NO6. The van der Waals surface area contributed by atoms with Crippen LogP contribution < -0.4 is 0 Å². The van der Waals surface area contributed by atoms with Crippen molar-refractivity contribution in [3.8, 4) is 0 Å². The van der Waals surface area contributed by atoms with Gasteiger partial charge in [-0.3, -0.25) is 14.4 Å². The van der Waals surface area contributed by atoms with Crippen LogP contribution in [-0.2, 0) is 19.2 Å². The molecule has 3 fully saturated rings. The molecule has 0 radical (unpaired) electrons. The third-order valence-electron chi connectivity index (χ3n) is 5.01. The Morgan fingerprint density at radius 1 is 0.957 bits per heavy atom. The Labute approximate surface area is 131 Å². The second-order valence-corrected chi connectivity index (χ2v) is 6.41. The lowest BCUT2D eigenvalue weighted by molar-refractivity contribution is -0.247. The van der Waals surface area contributed by atoms with Crippen LogP contribution in [0.3, 0.4) is 0 Å². The molecule has 7 nitrogen and oxygen atoms in total. The maximum Gasteiger partial charge on any atom is 0.339 e. The van der Waals surface area contributed by atoms with Crippen molar-refractivity contribution in [3.05, 3.63) is 35.4 Å². The molecule has 0 atom stereocenters. The fourth-order valence-electron chi connectivity index (χ4n) is 3.87. The zero-order valence-corrected chi connectivity index (χ0v) is 12.3. The molecule has 0 saturated heterocycles. The standard InChI is InChI=1S/C16H13NO6/c1-22-13(20)15-6-16(7-15,8-15)14(21)23-17-11(18)9-4-2-3-5-10(9)12(17)19/h2-5H,6-8H2,1H3. The largest absolute Gasteiger partial charge is 0.469 e. The van der Waals surface area contributed by atoms with E-state index in [2.05, 4.69) is 0 Å². The first-order valence-electron chi connectivity index (χ1n) is 7.21. The molecule has 23 heavy (non-hydrogen) atoms. The smallest absolute Gasteiger partial charge is 0.339 e. The normalized spacial score (nSPS) is 30.2. The van der Waals surface area contributed by atoms with Crippen molar-refractivity contribution in [2.75, 3.05) is 7.11 Å². The highest BCUT2D eigenvalue weighted by Gasteiger charge is 2.77. The lowest BCUT2D eigenvalue weighted by atomic mass is 9.35. The minimum atomic E-state index is -0.774. The second-order valence-electron chi connectivity index (χ2n) is 6.41. The van der Waals surface area contributed by atoms with Gasteiger partial charge in [0.05, 0.1) is 29.1 Å². The van der Waals surface area contributed by atoms with E-state index in [0.717, 1.165) is 0 Å². The van der Waals surface area contributed by atoms with E-state index < -0.39 is 28.6 Å². The van der Waals surface area contributed by atoms with Crippen molar-refractivity contribution in [2.45, 2.75) is 19.3 Å². The highest BCUT2D eigenvalue weighted by atomic mass is 16.7. The summed E-state index contributed by atoms with van der Waals surface area (Å²) in [5.41, 5.74) is -0.929. The average Bonchev–Trinajstić information content (AvgIpc) is 2.70. The van der Waals surface area contributed by atoms with E-state index in [4.69, 9.17) is 9.57 Å². The average molecular weight is 315 g/mol. The van der Waals surface area contributed by atoms with Crippen molar-refractivity contribution in [3.63, 3.8) is 0 Å². The van der Waals surface area contributed by atoms with Crippen LogP contribution in [0.1, 0.15) is 40.0 Å². The Morgan fingerprint density at radius 3 is 1.91 bits per heavy atom.